The number of aryl methyl sites for hydroxylation is 1. The number of rotatable bonds is 8. The van der Waals surface area contributed by atoms with E-state index in [1.807, 2.05) is 49.4 Å². The lowest BCUT2D eigenvalue weighted by Gasteiger charge is -2.34. The molecule has 2 aliphatic rings. The Kier molecular flexibility index (Phi) is 7.33. The topological polar surface area (TPSA) is 40.6 Å². The van der Waals surface area contributed by atoms with Gasteiger partial charge in [0.25, 0.3) is 0 Å². The minimum atomic E-state index is -4.49. The molecule has 6 rings (SSSR count). The first-order valence-corrected chi connectivity index (χ1v) is 13.8. The molecule has 208 valence electrons. The summed E-state index contributed by atoms with van der Waals surface area (Å²) < 4.78 is 47.2. The van der Waals surface area contributed by atoms with Crippen LogP contribution < -0.4 is 10.1 Å². The zero-order valence-corrected chi connectivity index (χ0v) is 22.8. The maximum atomic E-state index is 13.8. The molecule has 0 aliphatic carbocycles. The van der Waals surface area contributed by atoms with Crippen LogP contribution in [0.1, 0.15) is 23.2 Å². The molecule has 0 unspecified atom stereocenters. The molecule has 0 amide bonds. The normalized spacial score (nSPS) is 19.4. The van der Waals surface area contributed by atoms with Crippen LogP contribution in [0.2, 0.25) is 5.02 Å². The van der Waals surface area contributed by atoms with Gasteiger partial charge in [0.1, 0.15) is 12.4 Å². The number of likely N-dealkylation sites (tertiary alicyclic amines) is 2. The van der Waals surface area contributed by atoms with Gasteiger partial charge < -0.3 is 10.1 Å². The molecule has 0 radical (unpaired) electrons. The summed E-state index contributed by atoms with van der Waals surface area (Å²) in [5.41, 5.74) is 3.07. The van der Waals surface area contributed by atoms with Crippen LogP contribution in [-0.4, -0.2) is 53.1 Å². The number of anilines is 2. The van der Waals surface area contributed by atoms with E-state index in [0.717, 1.165) is 59.8 Å². The van der Waals surface area contributed by atoms with Gasteiger partial charge >= 0.3 is 6.18 Å². The highest BCUT2D eigenvalue weighted by molar-refractivity contribution is 6.30. The van der Waals surface area contributed by atoms with E-state index in [1.54, 1.807) is 6.07 Å². The van der Waals surface area contributed by atoms with Crippen molar-refractivity contribution in [3.05, 3.63) is 94.6 Å². The Hall–Kier alpha value is -3.33. The molecule has 4 aromatic rings. The molecule has 1 aromatic heterocycles. The first kappa shape index (κ1) is 26.9. The maximum absolute atomic E-state index is 13.8. The smallest absolute Gasteiger partial charge is 0.416 e. The monoisotopic (exact) mass is 566 g/mol. The van der Waals surface area contributed by atoms with Gasteiger partial charge in [-0.2, -0.15) is 13.2 Å². The van der Waals surface area contributed by atoms with Crippen molar-refractivity contribution >= 4 is 33.9 Å². The standard InChI is InChI=1S/C31H30ClF3N4O/c1-20-12-30(28-4-2-3-5-29(28)36-20)37-24-13-22(31(33,34)35)14-27(15-24)40-11-10-38-18-26-16-25(38)19-39(26)17-21-6-8-23(32)9-7-21/h2-9,12-15,25-26H,10-11,16-19H2,1H3,(H,36,37)/t25-,26-/m1/s1. The van der Waals surface area contributed by atoms with E-state index >= 15 is 0 Å². The average Bonchev–Trinajstić information content (AvgIpc) is 3.50. The number of para-hydroxylation sites is 1. The number of pyridine rings is 1. The zero-order valence-electron chi connectivity index (χ0n) is 22.1. The summed E-state index contributed by atoms with van der Waals surface area (Å²) in [4.78, 5) is 9.41. The van der Waals surface area contributed by atoms with Crippen LogP contribution in [0.15, 0.2) is 72.8 Å². The van der Waals surface area contributed by atoms with Crippen LogP contribution in [0.5, 0.6) is 5.75 Å². The fourth-order valence-electron chi connectivity index (χ4n) is 5.89. The van der Waals surface area contributed by atoms with E-state index in [9.17, 15) is 13.2 Å². The second-order valence-electron chi connectivity index (χ2n) is 10.6. The predicted molar refractivity (Wildman–Crippen MR) is 152 cm³/mol. The van der Waals surface area contributed by atoms with Crippen LogP contribution in [0.4, 0.5) is 24.5 Å². The summed E-state index contributed by atoms with van der Waals surface area (Å²) >= 11 is 6.01. The number of aromatic nitrogens is 1. The van der Waals surface area contributed by atoms with Crippen LogP contribution in [0, 0.1) is 6.92 Å². The van der Waals surface area contributed by atoms with E-state index in [4.69, 9.17) is 16.3 Å². The summed E-state index contributed by atoms with van der Waals surface area (Å²) in [6.45, 7) is 5.66. The summed E-state index contributed by atoms with van der Waals surface area (Å²) in [5.74, 6) is 0.195. The van der Waals surface area contributed by atoms with Gasteiger partial charge in [-0.15, -0.1) is 0 Å². The van der Waals surface area contributed by atoms with Crippen molar-refractivity contribution in [3.63, 3.8) is 0 Å². The summed E-state index contributed by atoms with van der Waals surface area (Å²) in [7, 11) is 0. The number of hydrogen-bond acceptors (Lipinski definition) is 5. The minimum absolute atomic E-state index is 0.195. The number of nitrogens with one attached hydrogen (secondary N) is 1. The fourth-order valence-corrected chi connectivity index (χ4v) is 6.02. The van der Waals surface area contributed by atoms with Gasteiger partial charge in [0.15, 0.2) is 0 Å². The first-order valence-electron chi connectivity index (χ1n) is 13.4. The molecule has 0 spiro atoms. The molecule has 5 nitrogen and oxygen atoms in total. The van der Waals surface area contributed by atoms with Crippen LogP contribution in [0.25, 0.3) is 10.9 Å². The molecule has 0 saturated carbocycles. The molecule has 2 aliphatic heterocycles. The molecule has 40 heavy (non-hydrogen) atoms. The number of benzene rings is 3. The predicted octanol–water partition coefficient (Wildman–Crippen LogP) is 7.30. The quantitative estimate of drug-likeness (QED) is 0.242. The van der Waals surface area contributed by atoms with Crippen molar-refractivity contribution in [1.29, 1.82) is 0 Å². The molecule has 2 bridgehead atoms. The van der Waals surface area contributed by atoms with Gasteiger partial charge in [-0.25, -0.2) is 0 Å². The fraction of sp³-hybridized carbons (Fsp3) is 0.323. The summed E-state index contributed by atoms with van der Waals surface area (Å²) in [5, 5.41) is 4.75. The number of halogens is 4. The highest BCUT2D eigenvalue weighted by atomic mass is 35.5. The van der Waals surface area contributed by atoms with Gasteiger partial charge in [0.2, 0.25) is 0 Å². The van der Waals surface area contributed by atoms with E-state index < -0.39 is 11.7 Å². The first-order chi connectivity index (χ1) is 19.2. The number of nitrogens with zero attached hydrogens (tertiary/aromatic N) is 3. The molecular weight excluding hydrogens is 537 g/mol. The van der Waals surface area contributed by atoms with E-state index in [2.05, 4.69) is 32.2 Å². The van der Waals surface area contributed by atoms with Crippen molar-refractivity contribution in [3.8, 4) is 5.75 Å². The number of alkyl halides is 3. The molecule has 2 atom stereocenters. The number of fused-ring (bicyclic) bond motifs is 3. The third-order valence-corrected chi connectivity index (χ3v) is 8.02. The summed E-state index contributed by atoms with van der Waals surface area (Å²) in [6, 6.07) is 22.1. The van der Waals surface area contributed by atoms with Crippen molar-refractivity contribution in [2.45, 2.75) is 38.1 Å². The third kappa shape index (κ3) is 5.89. The Labute approximate surface area is 236 Å². The maximum Gasteiger partial charge on any atom is 0.416 e. The van der Waals surface area contributed by atoms with Gasteiger partial charge in [-0.05, 0) is 55.3 Å². The van der Waals surface area contributed by atoms with Crippen molar-refractivity contribution in [1.82, 2.24) is 14.8 Å². The van der Waals surface area contributed by atoms with Gasteiger partial charge in [-0.1, -0.05) is 41.9 Å². The van der Waals surface area contributed by atoms with Crippen LogP contribution in [-0.2, 0) is 12.7 Å². The molecule has 2 fully saturated rings. The minimum Gasteiger partial charge on any atom is -0.492 e. The lowest BCUT2D eigenvalue weighted by Crippen LogP contribution is -2.47. The Balaban J connectivity index is 1.11. The van der Waals surface area contributed by atoms with Gasteiger partial charge in [-0.3, -0.25) is 14.8 Å². The number of ether oxygens (including phenoxy) is 1. The molecule has 1 N–H and O–H groups in total. The molecule has 3 heterocycles. The van der Waals surface area contributed by atoms with Crippen LogP contribution in [0.3, 0.4) is 0 Å². The highest BCUT2D eigenvalue weighted by Gasteiger charge is 2.42. The SMILES string of the molecule is Cc1cc(Nc2cc(OCCN3C[C@H]4C[C@@H]3CN4Cc3ccc(Cl)cc3)cc(C(F)(F)F)c2)c2ccccc2n1. The Morgan fingerprint density at radius 2 is 1.73 bits per heavy atom. The molecule has 2 saturated heterocycles. The summed E-state index contributed by atoms with van der Waals surface area (Å²) in [6.07, 6.45) is -3.39. The van der Waals surface area contributed by atoms with Crippen molar-refractivity contribution in [2.24, 2.45) is 0 Å². The van der Waals surface area contributed by atoms with Crippen molar-refractivity contribution in [2.75, 3.05) is 31.6 Å². The van der Waals surface area contributed by atoms with E-state index in [-0.39, 0.29) is 5.75 Å². The van der Waals surface area contributed by atoms with E-state index in [0.29, 0.717) is 36.6 Å². The second-order valence-corrected chi connectivity index (χ2v) is 11.1. The van der Waals surface area contributed by atoms with Crippen LogP contribution >= 0.6 is 11.6 Å². The molecule has 3 aromatic carbocycles. The zero-order chi connectivity index (χ0) is 27.9. The number of piperazine rings is 1. The number of hydrogen-bond donors (Lipinski definition) is 1. The van der Waals surface area contributed by atoms with E-state index in [1.165, 1.54) is 5.56 Å². The molecule has 9 heteroatoms. The van der Waals surface area contributed by atoms with Gasteiger partial charge in [0, 0.05) is 71.8 Å². The second kappa shape index (κ2) is 10.9. The van der Waals surface area contributed by atoms with Crippen molar-refractivity contribution < 1.29 is 17.9 Å². The molecular formula is C31H30ClF3N4O. The highest BCUT2D eigenvalue weighted by Crippen LogP contribution is 2.36. The lowest BCUT2D eigenvalue weighted by molar-refractivity contribution is -0.137. The lowest BCUT2D eigenvalue weighted by atomic mass is 10.1. The van der Waals surface area contributed by atoms with Gasteiger partial charge in [0.05, 0.1) is 11.1 Å². The third-order valence-electron chi connectivity index (χ3n) is 7.77. The Morgan fingerprint density at radius 3 is 2.48 bits per heavy atom. The Morgan fingerprint density at radius 1 is 0.975 bits per heavy atom. The Bertz CT molecular complexity index is 1510. The largest absolute Gasteiger partial charge is 0.492 e. The average molecular weight is 567 g/mol.